The Morgan fingerprint density at radius 2 is 1.80 bits per heavy atom. The Labute approximate surface area is 123 Å². The van der Waals surface area contributed by atoms with Crippen molar-refractivity contribution in [3.8, 4) is 0 Å². The van der Waals surface area contributed by atoms with Crippen molar-refractivity contribution in [2.24, 2.45) is 0 Å². The van der Waals surface area contributed by atoms with Crippen molar-refractivity contribution in [1.29, 1.82) is 0 Å². The fraction of sp³-hybridized carbons (Fsp3) is 0.500. The number of hydrogen-bond donors (Lipinski definition) is 1. The summed E-state index contributed by atoms with van der Waals surface area (Å²) in [5.74, 6) is 0.153. The normalized spacial score (nSPS) is 19.8. The van der Waals surface area contributed by atoms with E-state index >= 15 is 0 Å². The summed E-state index contributed by atoms with van der Waals surface area (Å²) in [4.78, 5) is 0. The van der Waals surface area contributed by atoms with E-state index < -0.39 is 21.6 Å². The van der Waals surface area contributed by atoms with Gasteiger partial charge in [0, 0.05) is 16.2 Å². The van der Waals surface area contributed by atoms with Crippen LogP contribution >= 0.6 is 15.9 Å². The van der Waals surface area contributed by atoms with Gasteiger partial charge in [0.15, 0.2) is 0 Å². The van der Waals surface area contributed by atoms with Gasteiger partial charge in [-0.3, -0.25) is 0 Å². The van der Waals surface area contributed by atoms with E-state index in [2.05, 4.69) is 21.2 Å². The lowest BCUT2D eigenvalue weighted by Crippen LogP contribution is -2.32. The van der Waals surface area contributed by atoms with Gasteiger partial charge in [0.05, 0.1) is 17.1 Å². The summed E-state index contributed by atoms with van der Waals surface area (Å²) in [5.41, 5.74) is -0.393. The Morgan fingerprint density at radius 1 is 1.20 bits per heavy atom. The van der Waals surface area contributed by atoms with Crippen LogP contribution in [0.4, 0.5) is 18.9 Å². The predicted octanol–water partition coefficient (Wildman–Crippen LogP) is 3.46. The maximum atomic E-state index is 12.8. The van der Waals surface area contributed by atoms with Crippen LogP contribution in [-0.4, -0.2) is 26.0 Å². The fourth-order valence-corrected chi connectivity index (χ4v) is 4.07. The molecule has 1 aromatic rings. The molecule has 0 radical (unpaired) electrons. The van der Waals surface area contributed by atoms with Crippen LogP contribution in [0, 0.1) is 0 Å². The SMILES string of the molecule is O=S1(=O)CCC(Nc2ccc(Br)c(C(F)(F)F)c2)CC1. The van der Waals surface area contributed by atoms with Gasteiger partial charge in [-0.15, -0.1) is 0 Å². The number of nitrogens with one attached hydrogen (secondary N) is 1. The molecular formula is C12H13BrF3NO2S. The van der Waals surface area contributed by atoms with Crippen LogP contribution in [0.1, 0.15) is 18.4 Å². The molecule has 1 aliphatic heterocycles. The van der Waals surface area contributed by atoms with Crippen LogP contribution in [-0.2, 0) is 16.0 Å². The summed E-state index contributed by atoms with van der Waals surface area (Å²) >= 11 is 2.88. The van der Waals surface area contributed by atoms with Gasteiger partial charge in [-0.25, -0.2) is 8.42 Å². The Kier molecular flexibility index (Phi) is 4.34. The maximum Gasteiger partial charge on any atom is 0.417 e. The first-order valence-corrected chi connectivity index (χ1v) is 8.62. The maximum absolute atomic E-state index is 12.8. The Hall–Kier alpha value is -0.760. The number of anilines is 1. The molecule has 1 heterocycles. The minimum Gasteiger partial charge on any atom is -0.382 e. The number of rotatable bonds is 2. The lowest BCUT2D eigenvalue weighted by Gasteiger charge is -2.24. The molecule has 1 saturated heterocycles. The molecule has 20 heavy (non-hydrogen) atoms. The minimum absolute atomic E-state index is 0.0122. The highest BCUT2D eigenvalue weighted by atomic mass is 79.9. The zero-order valence-corrected chi connectivity index (χ0v) is 12.8. The van der Waals surface area contributed by atoms with E-state index in [1.807, 2.05) is 0 Å². The summed E-state index contributed by atoms with van der Waals surface area (Å²) in [5, 5.41) is 2.97. The van der Waals surface area contributed by atoms with Crippen molar-refractivity contribution in [3.05, 3.63) is 28.2 Å². The second-order valence-corrected chi connectivity index (χ2v) is 7.92. The van der Waals surface area contributed by atoms with E-state index in [9.17, 15) is 21.6 Å². The van der Waals surface area contributed by atoms with Gasteiger partial charge in [-0.1, -0.05) is 15.9 Å². The summed E-state index contributed by atoms with van der Waals surface area (Å²) in [6.45, 7) is 0. The van der Waals surface area contributed by atoms with Crippen LogP contribution in [0.5, 0.6) is 0 Å². The van der Waals surface area contributed by atoms with Crippen LogP contribution in [0.25, 0.3) is 0 Å². The van der Waals surface area contributed by atoms with Gasteiger partial charge in [0.25, 0.3) is 0 Å². The Bertz CT molecular complexity index is 587. The lowest BCUT2D eigenvalue weighted by molar-refractivity contribution is -0.138. The van der Waals surface area contributed by atoms with E-state index in [4.69, 9.17) is 0 Å². The molecule has 0 spiro atoms. The number of benzene rings is 1. The molecule has 0 aromatic heterocycles. The van der Waals surface area contributed by atoms with Crippen molar-refractivity contribution < 1.29 is 21.6 Å². The summed E-state index contributed by atoms with van der Waals surface area (Å²) in [6.07, 6.45) is -3.59. The number of sulfone groups is 1. The third-order valence-corrected chi connectivity index (χ3v) is 5.60. The molecular weight excluding hydrogens is 359 g/mol. The summed E-state index contributed by atoms with van der Waals surface area (Å²) in [6, 6.07) is 3.81. The van der Waals surface area contributed by atoms with Crippen LogP contribution < -0.4 is 5.32 Å². The van der Waals surface area contributed by atoms with Crippen molar-refractivity contribution in [1.82, 2.24) is 0 Å². The van der Waals surface area contributed by atoms with E-state index in [0.29, 0.717) is 18.5 Å². The van der Waals surface area contributed by atoms with Crippen molar-refractivity contribution in [2.75, 3.05) is 16.8 Å². The summed E-state index contributed by atoms with van der Waals surface area (Å²) in [7, 11) is -2.97. The molecule has 0 aliphatic carbocycles. The molecule has 3 nitrogen and oxygen atoms in total. The van der Waals surface area contributed by atoms with Crippen LogP contribution in [0.3, 0.4) is 0 Å². The summed E-state index contributed by atoms with van der Waals surface area (Å²) < 4.78 is 60.9. The molecule has 0 atom stereocenters. The van der Waals surface area contributed by atoms with Gasteiger partial charge in [-0.05, 0) is 31.0 Å². The van der Waals surface area contributed by atoms with E-state index in [1.165, 1.54) is 6.07 Å². The van der Waals surface area contributed by atoms with Gasteiger partial charge in [0.1, 0.15) is 9.84 Å². The molecule has 0 saturated carbocycles. The number of halogens is 4. The van der Waals surface area contributed by atoms with Gasteiger partial charge < -0.3 is 5.32 Å². The second kappa shape index (κ2) is 5.55. The first-order valence-electron chi connectivity index (χ1n) is 6.01. The Morgan fingerprint density at radius 3 is 2.35 bits per heavy atom. The molecule has 0 bridgehead atoms. The third kappa shape index (κ3) is 3.88. The smallest absolute Gasteiger partial charge is 0.382 e. The van der Waals surface area contributed by atoms with Gasteiger partial charge >= 0.3 is 6.18 Å². The van der Waals surface area contributed by atoms with E-state index in [0.717, 1.165) is 6.07 Å². The van der Waals surface area contributed by atoms with Gasteiger partial charge in [0.2, 0.25) is 0 Å². The molecule has 1 N–H and O–H groups in total. The van der Waals surface area contributed by atoms with Crippen molar-refractivity contribution in [3.63, 3.8) is 0 Å². The van der Waals surface area contributed by atoms with Crippen molar-refractivity contribution in [2.45, 2.75) is 25.1 Å². The zero-order chi connectivity index (χ0) is 15.0. The second-order valence-electron chi connectivity index (χ2n) is 4.76. The van der Waals surface area contributed by atoms with Gasteiger partial charge in [-0.2, -0.15) is 13.2 Å². The van der Waals surface area contributed by atoms with Crippen molar-refractivity contribution >= 4 is 31.5 Å². The van der Waals surface area contributed by atoms with E-state index in [1.54, 1.807) is 6.07 Å². The first-order chi connectivity index (χ1) is 9.17. The standard InChI is InChI=1S/C12H13BrF3NO2S/c13-11-2-1-9(7-10(11)12(14,15)16)17-8-3-5-20(18,19)6-4-8/h1-2,7-8,17H,3-6H2. The molecule has 0 amide bonds. The molecule has 2 rings (SSSR count). The molecule has 1 fully saturated rings. The topological polar surface area (TPSA) is 46.2 Å². The highest BCUT2D eigenvalue weighted by Gasteiger charge is 2.33. The fourth-order valence-electron chi connectivity index (χ4n) is 2.10. The average Bonchev–Trinajstić information content (AvgIpc) is 2.33. The molecule has 1 aromatic carbocycles. The predicted molar refractivity (Wildman–Crippen MR) is 74.4 cm³/mol. The van der Waals surface area contributed by atoms with Crippen LogP contribution in [0.2, 0.25) is 0 Å². The quantitative estimate of drug-likeness (QED) is 0.865. The largest absolute Gasteiger partial charge is 0.417 e. The first kappa shape index (κ1) is 15.6. The molecule has 0 unspecified atom stereocenters. The minimum atomic E-state index is -4.42. The number of hydrogen-bond acceptors (Lipinski definition) is 3. The third-order valence-electron chi connectivity index (χ3n) is 3.20. The highest BCUT2D eigenvalue weighted by molar-refractivity contribution is 9.10. The molecule has 112 valence electrons. The number of alkyl halides is 3. The zero-order valence-electron chi connectivity index (χ0n) is 10.4. The Balaban J connectivity index is 2.11. The van der Waals surface area contributed by atoms with E-state index in [-0.39, 0.29) is 22.0 Å². The molecule has 1 aliphatic rings. The average molecular weight is 372 g/mol. The highest BCUT2D eigenvalue weighted by Crippen LogP contribution is 2.36. The van der Waals surface area contributed by atoms with Crippen LogP contribution in [0.15, 0.2) is 22.7 Å². The lowest BCUT2D eigenvalue weighted by atomic mass is 10.1. The monoisotopic (exact) mass is 371 g/mol. The molecule has 8 heteroatoms.